The summed E-state index contributed by atoms with van der Waals surface area (Å²) in [7, 11) is 3.16. The second kappa shape index (κ2) is 13.8. The number of amides is 1. The second-order valence-electron chi connectivity index (χ2n) is 4.55. The predicted octanol–water partition coefficient (Wildman–Crippen LogP) is 3.86. The Balaban J connectivity index is 4.35. The lowest BCUT2D eigenvalue weighted by molar-refractivity contribution is -0.124. The molecule has 0 spiro atoms. The zero-order valence-corrected chi connectivity index (χ0v) is 16.0. The quantitative estimate of drug-likeness (QED) is 0.337. The Labute approximate surface area is 153 Å². The minimum Gasteiger partial charge on any atom is -0.501 e. The molecule has 0 heterocycles. The van der Waals surface area contributed by atoms with Crippen LogP contribution in [0, 0.1) is 0 Å². The van der Waals surface area contributed by atoms with Gasteiger partial charge in [-0.3, -0.25) is 4.79 Å². The summed E-state index contributed by atoms with van der Waals surface area (Å²) < 4.78 is 15.8. The van der Waals surface area contributed by atoms with Gasteiger partial charge in [-0.25, -0.2) is 0 Å². The minimum absolute atomic E-state index is 0.129. The molecule has 0 saturated carbocycles. The topological polar surface area (TPSA) is 56.8 Å². The number of hydrogen-bond acceptors (Lipinski definition) is 4. The molecule has 1 N–H and O–H groups in total. The van der Waals surface area contributed by atoms with E-state index in [0.29, 0.717) is 41.2 Å². The summed E-state index contributed by atoms with van der Waals surface area (Å²) in [6.45, 7) is 3.83. The highest BCUT2D eigenvalue weighted by Gasteiger charge is 2.06. The van der Waals surface area contributed by atoms with E-state index in [2.05, 4.69) is 5.32 Å². The van der Waals surface area contributed by atoms with Crippen LogP contribution in [0.15, 0.2) is 46.6 Å². The van der Waals surface area contributed by atoms with Crippen molar-refractivity contribution < 1.29 is 19.0 Å². The fourth-order valence-corrected chi connectivity index (χ4v) is 1.79. The molecular formula is C17H25Cl2NO4. The van der Waals surface area contributed by atoms with E-state index in [4.69, 9.17) is 37.4 Å². The van der Waals surface area contributed by atoms with Crippen LogP contribution in [-0.2, 0) is 19.0 Å². The molecule has 0 aromatic heterocycles. The van der Waals surface area contributed by atoms with Crippen molar-refractivity contribution in [3.63, 3.8) is 0 Å². The molecule has 0 aliphatic rings. The van der Waals surface area contributed by atoms with E-state index < -0.39 is 0 Å². The van der Waals surface area contributed by atoms with E-state index in [0.717, 1.165) is 0 Å². The first kappa shape index (κ1) is 22.4. The van der Waals surface area contributed by atoms with Crippen molar-refractivity contribution in [3.05, 3.63) is 46.6 Å². The highest BCUT2D eigenvalue weighted by molar-refractivity contribution is 6.29. The maximum atomic E-state index is 11.8. The predicted molar refractivity (Wildman–Crippen MR) is 97.8 cm³/mol. The molecule has 0 unspecified atom stereocenters. The van der Waals surface area contributed by atoms with Crippen LogP contribution in [0.5, 0.6) is 0 Å². The van der Waals surface area contributed by atoms with Crippen molar-refractivity contribution >= 4 is 29.1 Å². The monoisotopic (exact) mass is 377 g/mol. The van der Waals surface area contributed by atoms with Crippen LogP contribution < -0.4 is 5.32 Å². The molecule has 0 bridgehead atoms. The van der Waals surface area contributed by atoms with E-state index in [1.165, 1.54) is 0 Å². The van der Waals surface area contributed by atoms with E-state index in [9.17, 15) is 4.79 Å². The zero-order valence-electron chi connectivity index (χ0n) is 14.5. The Morgan fingerprint density at radius 2 is 1.96 bits per heavy atom. The molecule has 0 atom stereocenters. The first-order valence-electron chi connectivity index (χ1n) is 7.41. The average molecular weight is 378 g/mol. The average Bonchev–Trinajstić information content (AvgIpc) is 2.57. The standard InChI is InChI=1S/C17H25Cl2NO4/c1-5-14(22-3)11-15(23-4)8-10-20-17(21)12-24-16(13(2)19)7-6-9-18/h5-7,11H,8-10,12H2,1-4H3,(H,20,21)/b7-6-,14-5+,15-11+,16-13-. The van der Waals surface area contributed by atoms with Crippen molar-refractivity contribution in [3.8, 4) is 0 Å². The maximum Gasteiger partial charge on any atom is 0.257 e. The molecule has 5 nitrogen and oxygen atoms in total. The molecule has 0 saturated heterocycles. The van der Waals surface area contributed by atoms with Crippen molar-refractivity contribution in [2.75, 3.05) is 33.3 Å². The lowest BCUT2D eigenvalue weighted by Crippen LogP contribution is -2.28. The molecule has 0 aromatic rings. The van der Waals surface area contributed by atoms with E-state index in [-0.39, 0.29) is 12.5 Å². The highest BCUT2D eigenvalue weighted by Crippen LogP contribution is 2.12. The molecule has 0 rings (SSSR count). The number of methoxy groups -OCH3 is 2. The second-order valence-corrected chi connectivity index (χ2v) is 5.43. The minimum atomic E-state index is -0.252. The number of ether oxygens (including phenoxy) is 3. The fraction of sp³-hybridized carbons (Fsp3) is 0.471. The fourth-order valence-electron chi connectivity index (χ4n) is 1.59. The van der Waals surface area contributed by atoms with Crippen LogP contribution in [-0.4, -0.2) is 39.2 Å². The van der Waals surface area contributed by atoms with Gasteiger partial charge in [0.1, 0.15) is 17.3 Å². The Morgan fingerprint density at radius 3 is 2.46 bits per heavy atom. The molecule has 0 aliphatic carbocycles. The molecule has 0 fully saturated rings. The van der Waals surface area contributed by atoms with E-state index >= 15 is 0 Å². The lowest BCUT2D eigenvalue weighted by Gasteiger charge is -2.10. The van der Waals surface area contributed by atoms with Gasteiger partial charge in [0.2, 0.25) is 0 Å². The van der Waals surface area contributed by atoms with Crippen molar-refractivity contribution in [1.29, 1.82) is 0 Å². The summed E-state index contributed by atoms with van der Waals surface area (Å²) in [6.07, 6.45) is 7.45. The van der Waals surface area contributed by atoms with Crippen molar-refractivity contribution in [1.82, 2.24) is 5.32 Å². The zero-order chi connectivity index (χ0) is 18.4. The molecule has 0 aliphatic heterocycles. The van der Waals surface area contributed by atoms with Gasteiger partial charge in [-0.2, -0.15) is 0 Å². The van der Waals surface area contributed by atoms with Crippen LogP contribution in [0.4, 0.5) is 0 Å². The maximum absolute atomic E-state index is 11.8. The van der Waals surface area contributed by atoms with Crippen molar-refractivity contribution in [2.24, 2.45) is 0 Å². The van der Waals surface area contributed by atoms with Crippen molar-refractivity contribution in [2.45, 2.75) is 20.3 Å². The van der Waals surface area contributed by atoms with Gasteiger partial charge in [0.15, 0.2) is 6.61 Å². The summed E-state index contributed by atoms with van der Waals surface area (Å²) >= 11 is 11.5. The number of halogens is 2. The first-order chi connectivity index (χ1) is 11.5. The number of nitrogens with one attached hydrogen (secondary N) is 1. The van der Waals surface area contributed by atoms with Gasteiger partial charge < -0.3 is 19.5 Å². The third kappa shape index (κ3) is 10.2. The van der Waals surface area contributed by atoms with Gasteiger partial charge >= 0.3 is 0 Å². The first-order valence-corrected chi connectivity index (χ1v) is 8.32. The highest BCUT2D eigenvalue weighted by atomic mass is 35.5. The largest absolute Gasteiger partial charge is 0.501 e. The number of hydrogen-bond donors (Lipinski definition) is 1. The normalized spacial score (nSPS) is 13.6. The Kier molecular flexibility index (Phi) is 12.9. The number of allylic oxidation sites excluding steroid dienone is 5. The van der Waals surface area contributed by atoms with Crippen LogP contribution >= 0.6 is 23.2 Å². The number of rotatable bonds is 11. The lowest BCUT2D eigenvalue weighted by atomic mass is 10.3. The number of carbonyl (C=O) groups excluding carboxylic acids is 1. The van der Waals surface area contributed by atoms with Gasteiger partial charge in [-0.1, -0.05) is 17.7 Å². The van der Waals surface area contributed by atoms with Crippen LogP contribution in [0.25, 0.3) is 0 Å². The van der Waals surface area contributed by atoms with E-state index in [1.807, 2.05) is 13.0 Å². The van der Waals surface area contributed by atoms with Gasteiger partial charge in [0.25, 0.3) is 5.91 Å². The smallest absolute Gasteiger partial charge is 0.257 e. The molecule has 24 heavy (non-hydrogen) atoms. The van der Waals surface area contributed by atoms with Gasteiger partial charge in [-0.05, 0) is 26.0 Å². The summed E-state index contributed by atoms with van der Waals surface area (Å²) in [5, 5.41) is 3.20. The van der Waals surface area contributed by atoms with Gasteiger partial charge in [0, 0.05) is 24.9 Å². The summed E-state index contributed by atoms with van der Waals surface area (Å²) in [6, 6.07) is 0. The molecule has 136 valence electrons. The third-order valence-corrected chi connectivity index (χ3v) is 3.20. The summed E-state index contributed by atoms with van der Waals surface area (Å²) in [4.78, 5) is 11.8. The van der Waals surface area contributed by atoms with Crippen LogP contribution in [0.3, 0.4) is 0 Å². The van der Waals surface area contributed by atoms with Gasteiger partial charge in [-0.15, -0.1) is 11.6 Å². The van der Waals surface area contributed by atoms with E-state index in [1.54, 1.807) is 39.4 Å². The van der Waals surface area contributed by atoms with Crippen LogP contribution in [0.2, 0.25) is 0 Å². The molecule has 7 heteroatoms. The SMILES string of the molecule is C/C=C(\C=C(/CCNC(=O)COC(/C=C\CCl)=C(/C)Cl)OC)OC. The van der Waals surface area contributed by atoms with Gasteiger partial charge in [0.05, 0.1) is 19.3 Å². The molecule has 1 amide bonds. The number of alkyl halides is 1. The Hall–Kier alpha value is -1.59. The summed E-state index contributed by atoms with van der Waals surface area (Å²) in [5.41, 5.74) is 0. The Morgan fingerprint density at radius 1 is 1.25 bits per heavy atom. The molecular weight excluding hydrogens is 353 g/mol. The van der Waals surface area contributed by atoms with Crippen LogP contribution in [0.1, 0.15) is 20.3 Å². The molecule has 0 aromatic carbocycles. The summed E-state index contributed by atoms with van der Waals surface area (Å²) in [5.74, 6) is 1.90. The number of carbonyl (C=O) groups is 1. The Bertz CT molecular complexity index is 507. The molecule has 0 radical (unpaired) electrons. The third-order valence-electron chi connectivity index (χ3n) is 2.84.